The largest absolute Gasteiger partial charge is 0.232 e. The van der Waals surface area contributed by atoms with E-state index in [9.17, 15) is 0 Å². The Morgan fingerprint density at radius 3 is 2.93 bits per heavy atom. The van der Waals surface area contributed by atoms with E-state index in [-0.39, 0.29) is 0 Å². The van der Waals surface area contributed by atoms with Crippen molar-refractivity contribution in [1.29, 1.82) is 0 Å². The van der Waals surface area contributed by atoms with Crippen LogP contribution in [0.5, 0.6) is 0 Å². The maximum atomic E-state index is 4.37. The molecule has 68 valence electrons. The number of aromatic nitrogens is 5. The summed E-state index contributed by atoms with van der Waals surface area (Å²) in [4.78, 5) is 5.79. The van der Waals surface area contributed by atoms with Crippen molar-refractivity contribution in [2.24, 2.45) is 0 Å². The number of para-hydroxylation sites is 1. The van der Waals surface area contributed by atoms with Gasteiger partial charge in [0.25, 0.3) is 0 Å². The predicted molar refractivity (Wildman–Crippen MR) is 52.3 cm³/mol. The van der Waals surface area contributed by atoms with Gasteiger partial charge in [0.05, 0.1) is 10.2 Å². The van der Waals surface area contributed by atoms with Crippen molar-refractivity contribution >= 4 is 21.6 Å². The van der Waals surface area contributed by atoms with Crippen LogP contribution in [-0.4, -0.2) is 25.2 Å². The smallest absolute Gasteiger partial charge is 0.217 e. The van der Waals surface area contributed by atoms with Crippen molar-refractivity contribution in [2.75, 3.05) is 0 Å². The first-order chi connectivity index (χ1) is 6.93. The number of hydrogen-bond donors (Lipinski definition) is 0. The van der Waals surface area contributed by atoms with Crippen LogP contribution < -0.4 is 0 Å². The zero-order chi connectivity index (χ0) is 9.38. The Balaban J connectivity index is 2.24. The summed E-state index contributed by atoms with van der Waals surface area (Å²) in [5, 5.41) is 12.1. The van der Waals surface area contributed by atoms with Crippen LogP contribution in [0.25, 0.3) is 15.3 Å². The molecule has 5 nitrogen and oxygen atoms in total. The molecular formula is C8H5N5S. The Bertz CT molecular complexity index is 523. The second-order valence-corrected chi connectivity index (χ2v) is 3.70. The number of thiazole rings is 1. The van der Waals surface area contributed by atoms with Crippen molar-refractivity contribution in [3.8, 4) is 5.13 Å². The highest BCUT2D eigenvalue weighted by molar-refractivity contribution is 7.20. The van der Waals surface area contributed by atoms with Crippen molar-refractivity contribution < 1.29 is 0 Å². The summed E-state index contributed by atoms with van der Waals surface area (Å²) in [5.41, 5.74) is 0.963. The first-order valence-electron chi connectivity index (χ1n) is 4.02. The van der Waals surface area contributed by atoms with Gasteiger partial charge in [0, 0.05) is 0 Å². The summed E-state index contributed by atoms with van der Waals surface area (Å²) < 4.78 is 1.12. The maximum Gasteiger partial charge on any atom is 0.232 e. The zero-order valence-electron chi connectivity index (χ0n) is 7.03. The summed E-state index contributed by atoms with van der Waals surface area (Å²) >= 11 is 1.54. The van der Waals surface area contributed by atoms with Gasteiger partial charge in [-0.3, -0.25) is 0 Å². The van der Waals surface area contributed by atoms with Gasteiger partial charge in [-0.15, -0.1) is 15.0 Å². The lowest BCUT2D eigenvalue weighted by atomic mass is 10.3. The minimum absolute atomic E-state index is 0.740. The van der Waals surface area contributed by atoms with Gasteiger partial charge in [-0.05, 0) is 17.3 Å². The van der Waals surface area contributed by atoms with Gasteiger partial charge < -0.3 is 0 Å². The van der Waals surface area contributed by atoms with Gasteiger partial charge in [0.15, 0.2) is 6.33 Å². The van der Waals surface area contributed by atoms with E-state index in [1.807, 2.05) is 24.3 Å². The Labute approximate surface area is 83.0 Å². The van der Waals surface area contributed by atoms with Gasteiger partial charge in [-0.25, -0.2) is 4.98 Å². The van der Waals surface area contributed by atoms with Crippen LogP contribution in [0.2, 0.25) is 0 Å². The second kappa shape index (κ2) is 2.85. The van der Waals surface area contributed by atoms with Crippen LogP contribution in [-0.2, 0) is 0 Å². The summed E-state index contributed by atoms with van der Waals surface area (Å²) in [5.74, 6) is 0. The van der Waals surface area contributed by atoms with Crippen LogP contribution in [0.1, 0.15) is 0 Å². The molecule has 0 saturated carbocycles. The molecule has 0 aliphatic heterocycles. The van der Waals surface area contributed by atoms with Crippen LogP contribution in [0.15, 0.2) is 30.6 Å². The van der Waals surface area contributed by atoms with Crippen molar-refractivity contribution in [3.63, 3.8) is 0 Å². The highest BCUT2D eigenvalue weighted by Gasteiger charge is 2.05. The monoisotopic (exact) mass is 203 g/mol. The van der Waals surface area contributed by atoms with E-state index in [1.165, 1.54) is 11.1 Å². The third-order valence-corrected chi connectivity index (χ3v) is 2.80. The molecule has 2 heterocycles. The lowest BCUT2D eigenvalue weighted by molar-refractivity contribution is 0.716. The number of nitrogens with zero attached hydrogens (tertiary/aromatic N) is 5. The number of benzene rings is 1. The number of rotatable bonds is 1. The quantitative estimate of drug-likeness (QED) is 0.597. The van der Waals surface area contributed by atoms with Crippen molar-refractivity contribution in [3.05, 3.63) is 30.6 Å². The van der Waals surface area contributed by atoms with Gasteiger partial charge in [-0.2, -0.15) is 0 Å². The molecule has 0 fully saturated rings. The minimum atomic E-state index is 0.740. The molecular weight excluding hydrogens is 198 g/mol. The van der Waals surface area contributed by atoms with Gasteiger partial charge >= 0.3 is 0 Å². The molecule has 0 unspecified atom stereocenters. The molecule has 0 saturated heterocycles. The average molecular weight is 203 g/mol. The van der Waals surface area contributed by atoms with E-state index in [1.54, 1.807) is 11.3 Å². The minimum Gasteiger partial charge on any atom is -0.217 e. The topological polar surface area (TPSA) is 56.5 Å². The average Bonchev–Trinajstić information content (AvgIpc) is 2.86. The molecule has 3 rings (SSSR count). The van der Waals surface area contributed by atoms with E-state index < -0.39 is 0 Å². The molecule has 6 heteroatoms. The van der Waals surface area contributed by atoms with E-state index in [0.717, 1.165) is 15.3 Å². The van der Waals surface area contributed by atoms with E-state index in [0.29, 0.717) is 0 Å². The predicted octanol–water partition coefficient (Wildman–Crippen LogP) is 1.27. The molecule has 0 atom stereocenters. The molecule has 0 spiro atoms. The third kappa shape index (κ3) is 1.08. The summed E-state index contributed by atoms with van der Waals surface area (Å²) in [7, 11) is 0. The molecule has 0 aliphatic carbocycles. The number of tetrazole rings is 1. The standard InChI is InChI=1S/C8H5N5S/c1-2-4-7-6(3-1)11-8(14-7)13-10-5-9-12-13/h1-5H. The first kappa shape index (κ1) is 7.57. The normalized spacial score (nSPS) is 10.9. The highest BCUT2D eigenvalue weighted by Crippen LogP contribution is 2.22. The van der Waals surface area contributed by atoms with Gasteiger partial charge in [0.1, 0.15) is 0 Å². The molecule has 3 aromatic rings. The first-order valence-corrected chi connectivity index (χ1v) is 4.84. The lowest BCUT2D eigenvalue weighted by Crippen LogP contribution is -1.97. The molecule has 0 bridgehead atoms. The molecule has 0 amide bonds. The van der Waals surface area contributed by atoms with Gasteiger partial charge in [-0.1, -0.05) is 23.5 Å². The fourth-order valence-corrected chi connectivity index (χ4v) is 2.07. The molecule has 0 N–H and O–H groups in total. The van der Waals surface area contributed by atoms with Crippen molar-refractivity contribution in [2.45, 2.75) is 0 Å². The maximum absolute atomic E-state index is 4.37. The number of hydrogen-bond acceptors (Lipinski definition) is 5. The van der Waals surface area contributed by atoms with Crippen LogP contribution in [0.4, 0.5) is 0 Å². The molecule has 0 aliphatic rings. The number of fused-ring (bicyclic) bond motifs is 1. The fourth-order valence-electron chi connectivity index (χ4n) is 1.20. The van der Waals surface area contributed by atoms with E-state index in [2.05, 4.69) is 20.4 Å². The Morgan fingerprint density at radius 2 is 2.14 bits per heavy atom. The van der Waals surface area contributed by atoms with E-state index in [4.69, 9.17) is 0 Å². The third-order valence-electron chi connectivity index (χ3n) is 1.80. The Kier molecular flexibility index (Phi) is 1.54. The molecule has 14 heavy (non-hydrogen) atoms. The van der Waals surface area contributed by atoms with E-state index >= 15 is 0 Å². The van der Waals surface area contributed by atoms with Gasteiger partial charge in [0.2, 0.25) is 5.13 Å². The summed E-state index contributed by atoms with van der Waals surface area (Å²) in [6.07, 6.45) is 1.39. The zero-order valence-corrected chi connectivity index (χ0v) is 7.85. The molecule has 1 aromatic carbocycles. The summed E-state index contributed by atoms with van der Waals surface area (Å²) in [6, 6.07) is 7.93. The summed E-state index contributed by atoms with van der Waals surface area (Å²) in [6.45, 7) is 0. The van der Waals surface area contributed by atoms with Crippen LogP contribution in [0.3, 0.4) is 0 Å². The molecule has 0 radical (unpaired) electrons. The van der Waals surface area contributed by atoms with Crippen LogP contribution in [0, 0.1) is 0 Å². The molecule has 2 aromatic heterocycles. The SMILES string of the molecule is c1ccc2sc(-n3ncnn3)nc2c1. The Morgan fingerprint density at radius 1 is 1.21 bits per heavy atom. The van der Waals surface area contributed by atoms with Crippen molar-refractivity contribution in [1.82, 2.24) is 25.2 Å². The lowest BCUT2D eigenvalue weighted by Gasteiger charge is -1.85. The second-order valence-electron chi connectivity index (χ2n) is 2.69. The van der Waals surface area contributed by atoms with Crippen LogP contribution >= 0.6 is 11.3 Å². The highest BCUT2D eigenvalue weighted by atomic mass is 32.1. The fraction of sp³-hybridized carbons (Fsp3) is 0. The Hall–Kier alpha value is -1.82.